The maximum atomic E-state index is 11.5. The van der Waals surface area contributed by atoms with Crippen LogP contribution in [0.2, 0.25) is 0 Å². The van der Waals surface area contributed by atoms with Crippen molar-refractivity contribution >= 4 is 17.8 Å². The lowest BCUT2D eigenvalue weighted by atomic mass is 10.1. The number of allylic oxidation sites excluding steroid dienone is 1. The van der Waals surface area contributed by atoms with Gasteiger partial charge in [0, 0.05) is 17.7 Å². The Morgan fingerprint density at radius 1 is 1.25 bits per heavy atom. The highest BCUT2D eigenvalue weighted by Gasteiger charge is 2.20. The Bertz CT molecular complexity index is 1500. The molecule has 1 aromatic carbocycles. The van der Waals surface area contributed by atoms with E-state index in [0.29, 0.717) is 23.3 Å². The van der Waals surface area contributed by atoms with Crippen molar-refractivity contribution in [2.45, 2.75) is 39.2 Å². The minimum Gasteiger partial charge on any atom is -0.493 e. The molecular weight excluding hydrogens is 404 g/mol. The van der Waals surface area contributed by atoms with Gasteiger partial charge >= 0.3 is 5.69 Å². The van der Waals surface area contributed by atoms with Crippen LogP contribution in [0.15, 0.2) is 51.9 Å². The van der Waals surface area contributed by atoms with Gasteiger partial charge in [-0.1, -0.05) is 35.9 Å². The van der Waals surface area contributed by atoms with Crippen molar-refractivity contribution in [1.82, 2.24) is 24.6 Å². The third-order valence-electron chi connectivity index (χ3n) is 5.25. The standard InChI is InChI=1S/C24H24N6O2/c1-14(2)9-15-3-5-16(6-4-15)10-19-12-21(26-18-7-8-18)30-22(27-19)17(13-25-30)11-20-23(31)29-24(32)28-20/h3-6,9,11-13,18,31H,7-8,10H2,1-2H3,(H2,28,29,32). The van der Waals surface area contributed by atoms with Crippen LogP contribution in [-0.2, 0) is 6.42 Å². The second-order valence-electron chi connectivity index (χ2n) is 8.43. The third-order valence-corrected chi connectivity index (χ3v) is 5.25. The van der Waals surface area contributed by atoms with Gasteiger partial charge in [-0.05, 0) is 43.9 Å². The Morgan fingerprint density at radius 3 is 2.69 bits per heavy atom. The first-order valence-electron chi connectivity index (χ1n) is 10.6. The Labute approximate surface area is 183 Å². The monoisotopic (exact) mass is 428 g/mol. The maximum Gasteiger partial charge on any atom is 0.326 e. The number of H-pyrrole nitrogens is 2. The number of hydrogen-bond acceptors (Lipinski definition) is 5. The summed E-state index contributed by atoms with van der Waals surface area (Å²) < 4.78 is 1.72. The van der Waals surface area contributed by atoms with Gasteiger partial charge in [-0.25, -0.2) is 9.78 Å². The lowest BCUT2D eigenvalue weighted by Crippen LogP contribution is -2.20. The summed E-state index contributed by atoms with van der Waals surface area (Å²) >= 11 is 0. The van der Waals surface area contributed by atoms with E-state index in [-0.39, 0.29) is 11.6 Å². The van der Waals surface area contributed by atoms with E-state index in [1.54, 1.807) is 16.8 Å². The van der Waals surface area contributed by atoms with Gasteiger partial charge in [0.15, 0.2) is 11.1 Å². The zero-order valence-corrected chi connectivity index (χ0v) is 18.0. The van der Waals surface area contributed by atoms with Gasteiger partial charge in [0.25, 0.3) is 0 Å². The van der Waals surface area contributed by atoms with Gasteiger partial charge in [0.2, 0.25) is 5.88 Å². The SMILES string of the molecule is CC(C)=Cc1ccc(Cc2cc(=NC3CC3)n3ncc(=Cc4[nH]c(=O)[nH]c4O)c3n2)cc1. The van der Waals surface area contributed by atoms with E-state index in [2.05, 4.69) is 59.3 Å². The molecular formula is C24H24N6O2. The number of hydrogen-bond donors (Lipinski definition) is 3. The average molecular weight is 428 g/mol. The molecule has 5 rings (SSSR count). The molecule has 0 bridgehead atoms. The highest BCUT2D eigenvalue weighted by molar-refractivity contribution is 5.56. The Balaban J connectivity index is 1.59. The Hall–Kier alpha value is -3.94. The number of nitrogens with zero attached hydrogens (tertiary/aromatic N) is 4. The van der Waals surface area contributed by atoms with Crippen molar-refractivity contribution in [3.05, 3.63) is 85.8 Å². The van der Waals surface area contributed by atoms with Crippen LogP contribution in [-0.4, -0.2) is 35.7 Å². The summed E-state index contributed by atoms with van der Waals surface area (Å²) in [7, 11) is 0. The van der Waals surface area contributed by atoms with Crippen LogP contribution in [0.25, 0.3) is 17.8 Å². The van der Waals surface area contributed by atoms with Gasteiger partial charge in [0.05, 0.1) is 17.9 Å². The van der Waals surface area contributed by atoms with E-state index in [0.717, 1.165) is 29.6 Å². The summed E-state index contributed by atoms with van der Waals surface area (Å²) in [6, 6.07) is 10.8. The number of fused-ring (bicyclic) bond motifs is 1. The number of aromatic nitrogens is 5. The fourth-order valence-electron chi connectivity index (χ4n) is 3.61. The number of rotatable bonds is 5. The molecule has 3 N–H and O–H groups in total. The molecule has 0 spiro atoms. The second kappa shape index (κ2) is 7.96. The minimum atomic E-state index is -0.472. The van der Waals surface area contributed by atoms with Crippen molar-refractivity contribution in [3.63, 3.8) is 0 Å². The number of aromatic amines is 2. The third kappa shape index (κ3) is 4.25. The highest BCUT2D eigenvalue weighted by Crippen LogP contribution is 2.22. The van der Waals surface area contributed by atoms with Crippen LogP contribution in [0.3, 0.4) is 0 Å². The summed E-state index contributed by atoms with van der Waals surface area (Å²) in [5.74, 6) is -0.218. The Kier molecular flexibility index (Phi) is 4.97. The molecule has 0 saturated heterocycles. The fraction of sp³-hybridized carbons (Fsp3) is 0.250. The minimum absolute atomic E-state index is 0.218. The zero-order valence-electron chi connectivity index (χ0n) is 18.0. The Morgan fingerprint density at radius 2 is 2.03 bits per heavy atom. The number of nitrogens with one attached hydrogen (secondary N) is 2. The van der Waals surface area contributed by atoms with E-state index >= 15 is 0 Å². The van der Waals surface area contributed by atoms with E-state index < -0.39 is 5.69 Å². The molecule has 3 aromatic heterocycles. The predicted octanol–water partition coefficient (Wildman–Crippen LogP) is 2.08. The lowest BCUT2D eigenvalue weighted by molar-refractivity contribution is 0.454. The molecule has 3 heterocycles. The molecule has 8 nitrogen and oxygen atoms in total. The molecule has 1 saturated carbocycles. The van der Waals surface area contributed by atoms with Gasteiger partial charge in [-0.2, -0.15) is 9.61 Å². The molecule has 1 aliphatic rings. The first-order valence-corrected chi connectivity index (χ1v) is 10.6. The fourth-order valence-corrected chi connectivity index (χ4v) is 3.61. The first kappa shape index (κ1) is 20.0. The molecule has 1 aliphatic carbocycles. The van der Waals surface area contributed by atoms with Crippen molar-refractivity contribution in [3.8, 4) is 5.88 Å². The number of imidazole rings is 1. The van der Waals surface area contributed by atoms with Crippen molar-refractivity contribution in [2.75, 3.05) is 0 Å². The molecule has 0 atom stereocenters. The van der Waals surface area contributed by atoms with Gasteiger partial charge in [0.1, 0.15) is 5.69 Å². The summed E-state index contributed by atoms with van der Waals surface area (Å²) in [4.78, 5) is 26.0. The molecule has 4 aromatic rings. The van der Waals surface area contributed by atoms with Gasteiger partial charge < -0.3 is 10.1 Å². The van der Waals surface area contributed by atoms with E-state index in [1.165, 1.54) is 11.1 Å². The topological polar surface area (TPSA) is 111 Å². The van der Waals surface area contributed by atoms with Crippen LogP contribution in [0.4, 0.5) is 0 Å². The normalized spacial score (nSPS) is 14.9. The zero-order chi connectivity index (χ0) is 22.2. The molecule has 32 heavy (non-hydrogen) atoms. The van der Waals surface area contributed by atoms with Crippen LogP contribution < -0.4 is 16.4 Å². The van der Waals surface area contributed by atoms with Gasteiger partial charge in [-0.3, -0.25) is 9.98 Å². The average Bonchev–Trinajstić information content (AvgIpc) is 3.38. The summed E-state index contributed by atoms with van der Waals surface area (Å²) in [6.45, 7) is 4.17. The first-order chi connectivity index (χ1) is 15.4. The molecule has 0 radical (unpaired) electrons. The second-order valence-corrected chi connectivity index (χ2v) is 8.43. The summed E-state index contributed by atoms with van der Waals surface area (Å²) in [6.07, 6.45) is 8.30. The molecule has 0 unspecified atom stereocenters. The summed E-state index contributed by atoms with van der Waals surface area (Å²) in [5, 5.41) is 15.1. The molecule has 1 fully saturated rings. The van der Waals surface area contributed by atoms with E-state index in [1.807, 2.05) is 6.07 Å². The van der Waals surface area contributed by atoms with Crippen LogP contribution in [0.1, 0.15) is 49.2 Å². The van der Waals surface area contributed by atoms with E-state index in [4.69, 9.17) is 9.98 Å². The van der Waals surface area contributed by atoms with Gasteiger partial charge in [-0.15, -0.1) is 0 Å². The van der Waals surface area contributed by atoms with Crippen molar-refractivity contribution in [2.24, 2.45) is 4.99 Å². The van der Waals surface area contributed by atoms with Crippen molar-refractivity contribution in [1.29, 1.82) is 0 Å². The largest absolute Gasteiger partial charge is 0.493 e. The van der Waals surface area contributed by atoms with Crippen molar-refractivity contribution < 1.29 is 5.11 Å². The molecule has 0 amide bonds. The van der Waals surface area contributed by atoms with Crippen LogP contribution in [0, 0.1) is 0 Å². The highest BCUT2D eigenvalue weighted by atomic mass is 16.3. The predicted molar refractivity (Wildman–Crippen MR) is 122 cm³/mol. The number of benzene rings is 1. The molecule has 8 heteroatoms. The van der Waals surface area contributed by atoms with Crippen LogP contribution >= 0.6 is 0 Å². The molecule has 162 valence electrons. The lowest BCUT2D eigenvalue weighted by Gasteiger charge is -2.04. The number of aromatic hydroxyl groups is 1. The quantitative estimate of drug-likeness (QED) is 0.452. The molecule has 0 aliphatic heterocycles. The van der Waals surface area contributed by atoms with E-state index in [9.17, 15) is 9.90 Å². The smallest absolute Gasteiger partial charge is 0.326 e. The summed E-state index contributed by atoms with van der Waals surface area (Å²) in [5.41, 5.74) is 5.68. The van der Waals surface area contributed by atoms with Crippen LogP contribution in [0.5, 0.6) is 5.88 Å². The maximum absolute atomic E-state index is 11.5.